The van der Waals surface area contributed by atoms with Gasteiger partial charge in [-0.15, -0.1) is 0 Å². The molecule has 6 heteroatoms. The van der Waals surface area contributed by atoms with Crippen molar-refractivity contribution in [2.45, 2.75) is 51.5 Å². The zero-order valence-corrected chi connectivity index (χ0v) is 25.1. The summed E-state index contributed by atoms with van der Waals surface area (Å²) < 4.78 is 0. The standard InChI is InChI=1S/C36H44N4O2/c1-38(2)32-19-17-29(18-20-32)26-39(24-22-31-25-37-34-16-10-9-15-33(31)34)35(41)27-40(23-21-28-11-5-3-6-12-28)36(42)30-13-7-4-8-14-30/h3,5-6,9-12,15-20,25,30,37H,4,7-8,13-14,21-24,26-27H2,1-2H3. The van der Waals surface area contributed by atoms with Crippen molar-refractivity contribution in [3.8, 4) is 0 Å². The van der Waals surface area contributed by atoms with Crippen molar-refractivity contribution in [2.75, 3.05) is 38.6 Å². The topological polar surface area (TPSA) is 59.7 Å². The first kappa shape index (κ1) is 29.4. The van der Waals surface area contributed by atoms with Gasteiger partial charge in [0.15, 0.2) is 0 Å². The van der Waals surface area contributed by atoms with E-state index in [-0.39, 0.29) is 24.3 Å². The van der Waals surface area contributed by atoms with Gasteiger partial charge in [0, 0.05) is 62.4 Å². The first-order chi connectivity index (χ1) is 20.5. The van der Waals surface area contributed by atoms with Crippen LogP contribution in [0.3, 0.4) is 0 Å². The van der Waals surface area contributed by atoms with Crippen LogP contribution in [0.5, 0.6) is 0 Å². The molecule has 0 atom stereocenters. The highest BCUT2D eigenvalue weighted by atomic mass is 16.2. The number of hydrogen-bond acceptors (Lipinski definition) is 3. The van der Waals surface area contributed by atoms with Crippen LogP contribution in [-0.4, -0.2) is 60.3 Å². The molecule has 4 aromatic rings. The van der Waals surface area contributed by atoms with Crippen molar-refractivity contribution in [1.82, 2.24) is 14.8 Å². The first-order valence-corrected chi connectivity index (χ1v) is 15.4. The summed E-state index contributed by atoms with van der Waals surface area (Å²) in [7, 11) is 4.05. The van der Waals surface area contributed by atoms with Crippen molar-refractivity contribution >= 4 is 28.4 Å². The fourth-order valence-corrected chi connectivity index (χ4v) is 6.05. The Kier molecular flexibility index (Phi) is 9.96. The van der Waals surface area contributed by atoms with E-state index in [0.29, 0.717) is 19.6 Å². The molecule has 6 nitrogen and oxygen atoms in total. The predicted molar refractivity (Wildman–Crippen MR) is 171 cm³/mol. The molecule has 0 saturated heterocycles. The van der Waals surface area contributed by atoms with Gasteiger partial charge >= 0.3 is 0 Å². The Morgan fingerprint density at radius 1 is 0.762 bits per heavy atom. The van der Waals surface area contributed by atoms with Gasteiger partial charge in [0.1, 0.15) is 0 Å². The van der Waals surface area contributed by atoms with Gasteiger partial charge in [-0.05, 0) is 60.6 Å². The Balaban J connectivity index is 1.34. The van der Waals surface area contributed by atoms with Crippen molar-refractivity contribution in [1.29, 1.82) is 0 Å². The number of nitrogens with one attached hydrogen (secondary N) is 1. The monoisotopic (exact) mass is 564 g/mol. The minimum atomic E-state index is 0.00347. The van der Waals surface area contributed by atoms with Crippen LogP contribution in [0.15, 0.2) is 85.1 Å². The summed E-state index contributed by atoms with van der Waals surface area (Å²) in [6.45, 7) is 1.77. The summed E-state index contributed by atoms with van der Waals surface area (Å²) in [5.41, 5.74) is 5.70. The molecule has 1 saturated carbocycles. The molecule has 3 aromatic carbocycles. The van der Waals surface area contributed by atoms with Gasteiger partial charge in [-0.3, -0.25) is 9.59 Å². The highest BCUT2D eigenvalue weighted by Gasteiger charge is 2.28. The minimum absolute atomic E-state index is 0.00347. The van der Waals surface area contributed by atoms with Gasteiger partial charge in [-0.2, -0.15) is 0 Å². The largest absolute Gasteiger partial charge is 0.378 e. The third-order valence-electron chi connectivity index (χ3n) is 8.61. The van der Waals surface area contributed by atoms with Crippen LogP contribution in [-0.2, 0) is 29.0 Å². The summed E-state index contributed by atoms with van der Waals surface area (Å²) in [5.74, 6) is 0.176. The van der Waals surface area contributed by atoms with Gasteiger partial charge in [0.25, 0.3) is 0 Å². The average molecular weight is 565 g/mol. The molecule has 42 heavy (non-hydrogen) atoms. The van der Waals surface area contributed by atoms with Gasteiger partial charge in [-0.1, -0.05) is 79.9 Å². The van der Waals surface area contributed by atoms with E-state index < -0.39 is 0 Å². The molecule has 1 fully saturated rings. The molecule has 1 aromatic heterocycles. The Labute approximate surface area is 250 Å². The van der Waals surface area contributed by atoms with E-state index in [2.05, 4.69) is 70.7 Å². The number of fused-ring (bicyclic) bond motifs is 1. The van der Waals surface area contributed by atoms with Crippen molar-refractivity contribution < 1.29 is 9.59 Å². The lowest BCUT2D eigenvalue weighted by Crippen LogP contribution is -2.46. The van der Waals surface area contributed by atoms with Crippen LogP contribution in [0.1, 0.15) is 48.8 Å². The number of hydrogen-bond donors (Lipinski definition) is 1. The number of benzene rings is 3. The third kappa shape index (κ3) is 7.61. The maximum atomic E-state index is 14.1. The van der Waals surface area contributed by atoms with E-state index in [4.69, 9.17) is 0 Å². The lowest BCUT2D eigenvalue weighted by Gasteiger charge is -2.31. The molecule has 1 aliphatic rings. The molecule has 0 radical (unpaired) electrons. The molecule has 0 unspecified atom stereocenters. The van der Waals surface area contributed by atoms with Crippen LogP contribution < -0.4 is 4.90 Å². The number of carbonyl (C=O) groups is 2. The van der Waals surface area contributed by atoms with Crippen LogP contribution >= 0.6 is 0 Å². The second kappa shape index (κ2) is 14.2. The van der Waals surface area contributed by atoms with E-state index in [0.717, 1.165) is 55.3 Å². The Morgan fingerprint density at radius 3 is 2.19 bits per heavy atom. The van der Waals surface area contributed by atoms with Crippen molar-refractivity contribution in [3.63, 3.8) is 0 Å². The number of nitrogens with zero attached hydrogens (tertiary/aromatic N) is 3. The summed E-state index contributed by atoms with van der Waals surface area (Å²) in [4.78, 5) is 37.1. The highest BCUT2D eigenvalue weighted by molar-refractivity contribution is 5.86. The fraction of sp³-hybridized carbons (Fsp3) is 0.389. The lowest BCUT2D eigenvalue weighted by molar-refractivity contribution is -0.143. The minimum Gasteiger partial charge on any atom is -0.378 e. The number of aromatic amines is 1. The number of para-hydroxylation sites is 1. The molecule has 1 heterocycles. The molecule has 0 bridgehead atoms. The molecule has 2 amide bonds. The SMILES string of the molecule is CN(C)c1ccc(CN(CCc2c[nH]c3ccccc23)C(=O)CN(CCc2ccccc2)C(=O)C2CCCCC2)cc1. The molecule has 220 valence electrons. The van der Waals surface area contributed by atoms with Gasteiger partial charge < -0.3 is 19.7 Å². The molecular weight excluding hydrogens is 520 g/mol. The summed E-state index contributed by atoms with van der Waals surface area (Å²) in [5, 5.41) is 1.19. The number of amides is 2. The summed E-state index contributed by atoms with van der Waals surface area (Å²) in [6, 6.07) is 26.9. The van der Waals surface area contributed by atoms with Gasteiger partial charge in [-0.25, -0.2) is 0 Å². The quantitative estimate of drug-likeness (QED) is 0.215. The second-order valence-electron chi connectivity index (χ2n) is 11.8. The van der Waals surface area contributed by atoms with Crippen LogP contribution in [0.4, 0.5) is 5.69 Å². The number of anilines is 1. The fourth-order valence-electron chi connectivity index (χ4n) is 6.05. The highest BCUT2D eigenvalue weighted by Crippen LogP contribution is 2.26. The van der Waals surface area contributed by atoms with Crippen LogP contribution in [0.25, 0.3) is 10.9 Å². The van der Waals surface area contributed by atoms with E-state index >= 15 is 0 Å². The Hall–Kier alpha value is -4.06. The molecule has 0 aliphatic heterocycles. The van der Waals surface area contributed by atoms with E-state index in [9.17, 15) is 9.59 Å². The number of rotatable bonds is 12. The maximum Gasteiger partial charge on any atom is 0.242 e. The van der Waals surface area contributed by atoms with Crippen LogP contribution in [0, 0.1) is 5.92 Å². The van der Waals surface area contributed by atoms with Crippen molar-refractivity contribution in [2.24, 2.45) is 5.92 Å². The van der Waals surface area contributed by atoms with E-state index in [1.807, 2.05) is 48.2 Å². The third-order valence-corrected chi connectivity index (χ3v) is 8.61. The predicted octanol–water partition coefficient (Wildman–Crippen LogP) is 6.46. The second-order valence-corrected chi connectivity index (χ2v) is 11.8. The lowest BCUT2D eigenvalue weighted by atomic mass is 9.88. The Bertz CT molecular complexity index is 1440. The van der Waals surface area contributed by atoms with E-state index in [1.54, 1.807) is 0 Å². The summed E-state index contributed by atoms with van der Waals surface area (Å²) >= 11 is 0. The average Bonchev–Trinajstić information content (AvgIpc) is 3.45. The zero-order chi connectivity index (χ0) is 29.3. The Morgan fingerprint density at radius 2 is 1.45 bits per heavy atom. The number of H-pyrrole nitrogens is 1. The number of carbonyl (C=O) groups excluding carboxylic acids is 2. The maximum absolute atomic E-state index is 14.1. The number of aromatic nitrogens is 1. The summed E-state index contributed by atoms with van der Waals surface area (Å²) in [6.07, 6.45) is 8.78. The molecule has 1 aliphatic carbocycles. The first-order valence-electron chi connectivity index (χ1n) is 15.4. The van der Waals surface area contributed by atoms with Gasteiger partial charge in [0.05, 0.1) is 6.54 Å². The molecule has 5 rings (SSSR count). The van der Waals surface area contributed by atoms with Crippen molar-refractivity contribution in [3.05, 3.63) is 102 Å². The molecular formula is C36H44N4O2. The zero-order valence-electron chi connectivity index (χ0n) is 25.1. The smallest absolute Gasteiger partial charge is 0.242 e. The van der Waals surface area contributed by atoms with Gasteiger partial charge in [0.2, 0.25) is 11.8 Å². The normalized spacial score (nSPS) is 13.7. The van der Waals surface area contributed by atoms with Crippen LogP contribution in [0.2, 0.25) is 0 Å². The molecule has 0 spiro atoms. The van der Waals surface area contributed by atoms with E-state index in [1.165, 1.54) is 22.9 Å². The molecule has 1 N–H and O–H groups in total.